The van der Waals surface area contributed by atoms with Gasteiger partial charge in [-0.2, -0.15) is 0 Å². The van der Waals surface area contributed by atoms with Crippen molar-refractivity contribution in [2.75, 3.05) is 0 Å². The third-order valence-corrected chi connectivity index (χ3v) is 2.23. The second-order valence-electron chi connectivity index (χ2n) is 3.45. The number of pyridine rings is 1. The number of esters is 1. The van der Waals surface area contributed by atoms with Crippen molar-refractivity contribution in [2.45, 2.75) is 0 Å². The highest BCUT2D eigenvalue weighted by Gasteiger charge is 2.08. The number of aromatic nitrogens is 1. The summed E-state index contributed by atoms with van der Waals surface area (Å²) in [5.74, 6) is -1.25. The molecule has 0 unspecified atom stereocenters. The molecule has 1 N–H and O–H groups in total. The molecule has 1 heterocycles. The van der Waals surface area contributed by atoms with E-state index in [9.17, 15) is 9.59 Å². The number of carboxylic acids is 1. The van der Waals surface area contributed by atoms with Crippen LogP contribution in [0.3, 0.4) is 0 Å². The van der Waals surface area contributed by atoms with Crippen molar-refractivity contribution in [3.63, 3.8) is 0 Å². The van der Waals surface area contributed by atoms with E-state index < -0.39 is 11.9 Å². The van der Waals surface area contributed by atoms with Gasteiger partial charge in [-0.25, -0.2) is 9.59 Å². The van der Waals surface area contributed by atoms with Gasteiger partial charge in [0.2, 0.25) is 0 Å². The normalized spacial score (nSPS) is 9.78. The zero-order valence-corrected chi connectivity index (χ0v) is 9.24. The van der Waals surface area contributed by atoms with Gasteiger partial charge in [0.25, 0.3) is 0 Å². The lowest BCUT2D eigenvalue weighted by Gasteiger charge is -2.04. The average Bonchev–Trinajstić information content (AvgIpc) is 2.40. The molecule has 1 aromatic carbocycles. The molecule has 0 saturated heterocycles. The van der Waals surface area contributed by atoms with Gasteiger partial charge in [-0.15, -0.1) is 0 Å². The quantitative estimate of drug-likeness (QED) is 0.659. The van der Waals surface area contributed by atoms with Crippen LogP contribution in [0.4, 0.5) is 0 Å². The van der Waals surface area contributed by atoms with Gasteiger partial charge in [-0.1, -0.05) is 0 Å². The maximum absolute atomic E-state index is 11.7. The SMILES string of the molecule is O=C(O)c1ccc(OC(=O)c2ccncc2)cc1. The van der Waals surface area contributed by atoms with Crippen LogP contribution in [-0.2, 0) is 0 Å². The maximum atomic E-state index is 11.7. The molecule has 0 saturated carbocycles. The molecule has 0 aliphatic rings. The Labute approximate surface area is 103 Å². The van der Waals surface area contributed by atoms with E-state index in [1.165, 1.54) is 48.8 Å². The van der Waals surface area contributed by atoms with Crippen molar-refractivity contribution >= 4 is 11.9 Å². The van der Waals surface area contributed by atoms with Crippen molar-refractivity contribution in [2.24, 2.45) is 0 Å². The van der Waals surface area contributed by atoms with Crippen LogP contribution < -0.4 is 4.74 Å². The zero-order valence-electron chi connectivity index (χ0n) is 9.24. The monoisotopic (exact) mass is 243 g/mol. The minimum atomic E-state index is -1.03. The molecular weight excluding hydrogens is 234 g/mol. The van der Waals surface area contributed by atoms with E-state index in [-0.39, 0.29) is 5.56 Å². The Hall–Kier alpha value is -2.69. The van der Waals surface area contributed by atoms with E-state index >= 15 is 0 Å². The van der Waals surface area contributed by atoms with Crippen LogP contribution in [0.2, 0.25) is 0 Å². The lowest BCUT2D eigenvalue weighted by atomic mass is 10.2. The predicted molar refractivity (Wildman–Crippen MR) is 62.6 cm³/mol. The third-order valence-electron chi connectivity index (χ3n) is 2.23. The fourth-order valence-electron chi connectivity index (χ4n) is 1.32. The Morgan fingerprint density at radius 2 is 1.56 bits per heavy atom. The van der Waals surface area contributed by atoms with Crippen LogP contribution in [0.25, 0.3) is 0 Å². The van der Waals surface area contributed by atoms with Crippen molar-refractivity contribution in [3.8, 4) is 5.75 Å². The smallest absolute Gasteiger partial charge is 0.343 e. The molecule has 0 atom stereocenters. The number of benzene rings is 1. The summed E-state index contributed by atoms with van der Waals surface area (Å²) >= 11 is 0. The van der Waals surface area contributed by atoms with E-state index in [4.69, 9.17) is 9.84 Å². The lowest BCUT2D eigenvalue weighted by Crippen LogP contribution is -2.08. The first kappa shape index (κ1) is 11.8. The zero-order chi connectivity index (χ0) is 13.0. The lowest BCUT2D eigenvalue weighted by molar-refractivity contribution is 0.0696. The van der Waals surface area contributed by atoms with Gasteiger partial charge >= 0.3 is 11.9 Å². The molecule has 0 bridgehead atoms. The van der Waals surface area contributed by atoms with Gasteiger partial charge in [-0.3, -0.25) is 4.98 Å². The second-order valence-corrected chi connectivity index (χ2v) is 3.45. The fraction of sp³-hybridized carbons (Fsp3) is 0. The molecule has 1 aromatic heterocycles. The number of aromatic carboxylic acids is 1. The first-order chi connectivity index (χ1) is 8.66. The summed E-state index contributed by atoms with van der Waals surface area (Å²) in [5, 5.41) is 8.72. The van der Waals surface area contributed by atoms with Crippen molar-refractivity contribution in [1.82, 2.24) is 4.98 Å². The largest absolute Gasteiger partial charge is 0.478 e. The summed E-state index contributed by atoms with van der Waals surface area (Å²) in [5.41, 5.74) is 0.519. The molecule has 0 amide bonds. The standard InChI is InChI=1S/C13H9NO4/c15-12(16)9-1-3-11(4-2-9)18-13(17)10-5-7-14-8-6-10/h1-8H,(H,15,16). The molecule has 0 fully saturated rings. The van der Waals surface area contributed by atoms with Gasteiger partial charge < -0.3 is 9.84 Å². The van der Waals surface area contributed by atoms with Gasteiger partial charge in [0.15, 0.2) is 0 Å². The topological polar surface area (TPSA) is 76.5 Å². The number of carbonyl (C=O) groups excluding carboxylic acids is 1. The highest BCUT2D eigenvalue weighted by Crippen LogP contribution is 2.14. The molecule has 2 aromatic rings. The number of carboxylic acid groups (broad SMARTS) is 1. The minimum Gasteiger partial charge on any atom is -0.478 e. The van der Waals surface area contributed by atoms with E-state index in [0.29, 0.717) is 11.3 Å². The van der Waals surface area contributed by atoms with Crippen LogP contribution in [0.5, 0.6) is 5.75 Å². The van der Waals surface area contributed by atoms with Gasteiger partial charge in [0.1, 0.15) is 5.75 Å². The minimum absolute atomic E-state index is 0.138. The van der Waals surface area contributed by atoms with Crippen molar-refractivity contribution in [1.29, 1.82) is 0 Å². The average molecular weight is 243 g/mol. The van der Waals surface area contributed by atoms with Crippen LogP contribution in [0.1, 0.15) is 20.7 Å². The summed E-state index contributed by atoms with van der Waals surface area (Å²) in [7, 11) is 0. The van der Waals surface area contributed by atoms with Gasteiger partial charge in [0, 0.05) is 12.4 Å². The molecule has 0 aliphatic heterocycles. The van der Waals surface area contributed by atoms with Crippen molar-refractivity contribution < 1.29 is 19.4 Å². The molecule has 5 nitrogen and oxygen atoms in total. The molecule has 5 heteroatoms. The highest BCUT2D eigenvalue weighted by molar-refractivity contribution is 5.91. The Kier molecular flexibility index (Phi) is 3.33. The third kappa shape index (κ3) is 2.70. The number of hydrogen-bond donors (Lipinski definition) is 1. The second kappa shape index (κ2) is 5.09. The van der Waals surface area contributed by atoms with E-state index in [2.05, 4.69) is 4.98 Å². The maximum Gasteiger partial charge on any atom is 0.343 e. The van der Waals surface area contributed by atoms with Crippen LogP contribution in [-0.4, -0.2) is 22.0 Å². The summed E-state index contributed by atoms with van der Waals surface area (Å²) in [4.78, 5) is 26.1. The molecule has 18 heavy (non-hydrogen) atoms. The molecule has 0 spiro atoms. The molecule has 0 aliphatic carbocycles. The Bertz CT molecular complexity index is 563. The fourth-order valence-corrected chi connectivity index (χ4v) is 1.32. The molecule has 2 rings (SSSR count). The summed E-state index contributed by atoms with van der Waals surface area (Å²) < 4.78 is 5.08. The number of nitrogens with zero attached hydrogens (tertiary/aromatic N) is 1. The molecule has 90 valence electrons. The number of carbonyl (C=O) groups is 2. The van der Waals surface area contributed by atoms with Gasteiger partial charge in [-0.05, 0) is 36.4 Å². The molecular formula is C13H9NO4. The van der Waals surface area contributed by atoms with Gasteiger partial charge in [0.05, 0.1) is 11.1 Å². The Balaban J connectivity index is 2.10. The molecule has 0 radical (unpaired) electrons. The van der Waals surface area contributed by atoms with E-state index in [0.717, 1.165) is 0 Å². The first-order valence-corrected chi connectivity index (χ1v) is 5.12. The highest BCUT2D eigenvalue weighted by atomic mass is 16.5. The van der Waals surface area contributed by atoms with Crippen LogP contribution >= 0.6 is 0 Å². The van der Waals surface area contributed by atoms with E-state index in [1.807, 2.05) is 0 Å². The summed E-state index contributed by atoms with van der Waals surface area (Å²) in [6.07, 6.45) is 2.98. The Morgan fingerprint density at radius 1 is 0.944 bits per heavy atom. The van der Waals surface area contributed by atoms with E-state index in [1.54, 1.807) is 0 Å². The van der Waals surface area contributed by atoms with Crippen LogP contribution in [0, 0.1) is 0 Å². The predicted octanol–water partition coefficient (Wildman–Crippen LogP) is 2.00. The summed E-state index contributed by atoms with van der Waals surface area (Å²) in [6.45, 7) is 0. The Morgan fingerprint density at radius 3 is 2.11 bits per heavy atom. The number of ether oxygens (including phenoxy) is 1. The van der Waals surface area contributed by atoms with Crippen LogP contribution in [0.15, 0.2) is 48.8 Å². The summed E-state index contributed by atoms with van der Waals surface area (Å²) in [6, 6.07) is 8.68. The first-order valence-electron chi connectivity index (χ1n) is 5.12. The van der Waals surface area contributed by atoms with Crippen molar-refractivity contribution in [3.05, 3.63) is 59.9 Å². The number of rotatable bonds is 3. The number of hydrogen-bond acceptors (Lipinski definition) is 4.